The highest BCUT2D eigenvalue weighted by atomic mass is 79.9. The van der Waals surface area contributed by atoms with Gasteiger partial charge in [0.25, 0.3) is 10.0 Å². The van der Waals surface area contributed by atoms with Gasteiger partial charge in [0.15, 0.2) is 0 Å². The van der Waals surface area contributed by atoms with Crippen LogP contribution in [0.15, 0.2) is 106 Å². The first-order valence-corrected chi connectivity index (χ1v) is 17.6. The summed E-state index contributed by atoms with van der Waals surface area (Å²) in [7, 11) is -4.27. The molecule has 0 aromatic heterocycles. The van der Waals surface area contributed by atoms with Crippen LogP contribution in [0.4, 0.5) is 5.69 Å². The molecule has 4 aromatic rings. The van der Waals surface area contributed by atoms with Crippen LogP contribution in [0, 0.1) is 6.92 Å². The van der Waals surface area contributed by atoms with Gasteiger partial charge in [-0.15, -0.1) is 0 Å². The van der Waals surface area contributed by atoms with Crippen molar-refractivity contribution in [2.24, 2.45) is 0 Å². The van der Waals surface area contributed by atoms with E-state index in [-0.39, 0.29) is 39.5 Å². The fourth-order valence-electron chi connectivity index (χ4n) is 4.85. The van der Waals surface area contributed by atoms with Gasteiger partial charge in [0.05, 0.1) is 20.6 Å². The summed E-state index contributed by atoms with van der Waals surface area (Å²) in [5, 5.41) is 3.40. The quantitative estimate of drug-likeness (QED) is 0.170. The predicted molar refractivity (Wildman–Crippen MR) is 189 cm³/mol. The average molecular weight is 746 g/mol. The Morgan fingerprint density at radius 3 is 2.11 bits per heavy atom. The maximum absolute atomic E-state index is 14.6. The van der Waals surface area contributed by atoms with Crippen LogP contribution in [0.1, 0.15) is 37.5 Å². The molecule has 0 saturated carbocycles. The minimum Gasteiger partial charge on any atom is -0.350 e. The Bertz CT molecular complexity index is 1800. The minimum absolute atomic E-state index is 0.00169. The van der Waals surface area contributed by atoms with E-state index in [0.717, 1.165) is 25.5 Å². The molecule has 1 N–H and O–H groups in total. The van der Waals surface area contributed by atoms with Gasteiger partial charge in [0, 0.05) is 23.0 Å². The summed E-state index contributed by atoms with van der Waals surface area (Å²) in [4.78, 5) is 30.0. The van der Waals surface area contributed by atoms with E-state index in [1.807, 2.05) is 82.3 Å². The standard InChI is InChI=1S/C35H36BrCl2N3O4S/c1-24-13-16-29(17-14-24)46(44,45)41(28-15-18-30(37)31(38)21-28)23-33(42)40(22-26-11-8-12-27(36)19-26)32(34(43)39-35(2,3)4)20-25-9-6-5-7-10-25/h5-19,21,32H,20,22-23H2,1-4H3,(H,39,43)/t32-/m0/s1. The average Bonchev–Trinajstić information content (AvgIpc) is 2.99. The van der Waals surface area contributed by atoms with Crippen molar-refractivity contribution < 1.29 is 18.0 Å². The first-order valence-electron chi connectivity index (χ1n) is 14.6. The zero-order chi connectivity index (χ0) is 33.6. The summed E-state index contributed by atoms with van der Waals surface area (Å²) in [6.45, 7) is 6.90. The maximum Gasteiger partial charge on any atom is 0.264 e. The molecule has 11 heteroatoms. The third-order valence-electron chi connectivity index (χ3n) is 7.09. The van der Waals surface area contributed by atoms with Crippen molar-refractivity contribution in [1.29, 1.82) is 0 Å². The number of sulfonamides is 1. The van der Waals surface area contributed by atoms with Gasteiger partial charge in [0.1, 0.15) is 12.6 Å². The number of carbonyl (C=O) groups is 2. The molecule has 7 nitrogen and oxygen atoms in total. The number of hydrogen-bond acceptors (Lipinski definition) is 4. The zero-order valence-corrected chi connectivity index (χ0v) is 29.9. The van der Waals surface area contributed by atoms with E-state index in [4.69, 9.17) is 23.2 Å². The summed E-state index contributed by atoms with van der Waals surface area (Å²) < 4.78 is 30.2. The van der Waals surface area contributed by atoms with E-state index >= 15 is 0 Å². The molecule has 0 saturated heterocycles. The fourth-order valence-corrected chi connectivity index (χ4v) is 6.99. The zero-order valence-electron chi connectivity index (χ0n) is 26.0. The SMILES string of the molecule is Cc1ccc(S(=O)(=O)N(CC(=O)N(Cc2cccc(Br)c2)[C@@H](Cc2ccccc2)C(=O)NC(C)(C)C)c2ccc(Cl)c(Cl)c2)cc1. The van der Waals surface area contributed by atoms with Crippen molar-refractivity contribution in [3.63, 3.8) is 0 Å². The van der Waals surface area contributed by atoms with Crippen LogP contribution in [0.3, 0.4) is 0 Å². The molecule has 0 unspecified atom stereocenters. The number of amides is 2. The number of rotatable bonds is 11. The third-order valence-corrected chi connectivity index (χ3v) is 10.1. The van der Waals surface area contributed by atoms with Crippen LogP contribution in [-0.2, 0) is 32.6 Å². The molecular weight excluding hydrogens is 709 g/mol. The largest absolute Gasteiger partial charge is 0.350 e. The Morgan fingerprint density at radius 2 is 1.50 bits per heavy atom. The molecule has 242 valence electrons. The Balaban J connectivity index is 1.84. The predicted octanol–water partition coefficient (Wildman–Crippen LogP) is 7.81. The molecule has 0 aliphatic carbocycles. The monoisotopic (exact) mass is 743 g/mol. The van der Waals surface area contributed by atoms with E-state index in [2.05, 4.69) is 21.2 Å². The van der Waals surface area contributed by atoms with Crippen molar-refractivity contribution in [2.45, 2.75) is 57.1 Å². The van der Waals surface area contributed by atoms with E-state index in [0.29, 0.717) is 0 Å². The lowest BCUT2D eigenvalue weighted by Gasteiger charge is -2.35. The molecule has 4 rings (SSSR count). The smallest absolute Gasteiger partial charge is 0.264 e. The number of benzene rings is 4. The number of hydrogen-bond donors (Lipinski definition) is 1. The first-order chi connectivity index (χ1) is 21.6. The molecule has 0 bridgehead atoms. The molecular formula is C35H36BrCl2N3O4S. The second kappa shape index (κ2) is 15.0. The van der Waals surface area contributed by atoms with E-state index < -0.39 is 34.1 Å². The lowest BCUT2D eigenvalue weighted by atomic mass is 10.0. The summed E-state index contributed by atoms with van der Waals surface area (Å²) in [5.41, 5.74) is 2.05. The van der Waals surface area contributed by atoms with Gasteiger partial charge in [-0.3, -0.25) is 13.9 Å². The third kappa shape index (κ3) is 9.35. The summed E-state index contributed by atoms with van der Waals surface area (Å²) >= 11 is 16.0. The van der Waals surface area contributed by atoms with Crippen molar-refractivity contribution in [2.75, 3.05) is 10.8 Å². The number of nitrogens with zero attached hydrogens (tertiary/aromatic N) is 2. The highest BCUT2D eigenvalue weighted by molar-refractivity contribution is 9.10. The summed E-state index contributed by atoms with van der Waals surface area (Å²) in [5.74, 6) is -0.936. The van der Waals surface area contributed by atoms with Crippen LogP contribution in [0.25, 0.3) is 0 Å². The molecule has 0 heterocycles. The van der Waals surface area contributed by atoms with Crippen molar-refractivity contribution >= 4 is 66.7 Å². The van der Waals surface area contributed by atoms with E-state index in [9.17, 15) is 18.0 Å². The highest BCUT2D eigenvalue weighted by Gasteiger charge is 2.35. The van der Waals surface area contributed by atoms with Gasteiger partial charge in [-0.25, -0.2) is 8.42 Å². The molecule has 2 amide bonds. The lowest BCUT2D eigenvalue weighted by Crippen LogP contribution is -2.56. The molecule has 4 aromatic carbocycles. The van der Waals surface area contributed by atoms with E-state index in [1.54, 1.807) is 12.1 Å². The van der Waals surface area contributed by atoms with Crippen molar-refractivity contribution in [3.05, 3.63) is 128 Å². The number of nitrogens with one attached hydrogen (secondary N) is 1. The number of aryl methyl sites for hydroxylation is 1. The normalized spacial score (nSPS) is 12.3. The molecule has 1 atom stereocenters. The minimum atomic E-state index is -4.27. The second-order valence-corrected chi connectivity index (χ2v) is 15.6. The molecule has 0 spiro atoms. The summed E-state index contributed by atoms with van der Waals surface area (Å²) in [6, 6.07) is 26.6. The Morgan fingerprint density at radius 1 is 0.848 bits per heavy atom. The molecule has 0 fully saturated rings. The lowest BCUT2D eigenvalue weighted by molar-refractivity contribution is -0.140. The van der Waals surface area contributed by atoms with E-state index in [1.165, 1.54) is 35.2 Å². The molecule has 46 heavy (non-hydrogen) atoms. The fraction of sp³-hybridized carbons (Fsp3) is 0.257. The Hall–Kier alpha value is -3.37. The number of carbonyl (C=O) groups excluding carboxylic acids is 2. The van der Waals surface area contributed by atoms with Gasteiger partial charge < -0.3 is 10.2 Å². The van der Waals surface area contributed by atoms with Crippen LogP contribution in [0.2, 0.25) is 10.0 Å². The topological polar surface area (TPSA) is 86.8 Å². The molecule has 0 aliphatic rings. The summed E-state index contributed by atoms with van der Waals surface area (Å²) in [6.07, 6.45) is 0.208. The molecule has 0 radical (unpaired) electrons. The van der Waals surface area contributed by atoms with Gasteiger partial charge >= 0.3 is 0 Å². The van der Waals surface area contributed by atoms with Gasteiger partial charge in [0.2, 0.25) is 11.8 Å². The Labute approximate surface area is 289 Å². The number of anilines is 1. The van der Waals surface area contributed by atoms with Crippen LogP contribution in [-0.4, -0.2) is 43.3 Å². The molecule has 0 aliphatic heterocycles. The van der Waals surface area contributed by atoms with Gasteiger partial charge in [-0.05, 0) is 81.3 Å². The first kappa shape index (κ1) is 35.5. The van der Waals surface area contributed by atoms with Crippen LogP contribution in [0.5, 0.6) is 0 Å². The van der Waals surface area contributed by atoms with Crippen LogP contribution < -0.4 is 9.62 Å². The van der Waals surface area contributed by atoms with Gasteiger partial charge in [-0.2, -0.15) is 0 Å². The van der Waals surface area contributed by atoms with Crippen molar-refractivity contribution in [1.82, 2.24) is 10.2 Å². The highest BCUT2D eigenvalue weighted by Crippen LogP contribution is 2.31. The second-order valence-electron chi connectivity index (χ2n) is 12.0. The Kier molecular flexibility index (Phi) is 11.6. The van der Waals surface area contributed by atoms with Crippen LogP contribution >= 0.6 is 39.1 Å². The van der Waals surface area contributed by atoms with Gasteiger partial charge in [-0.1, -0.05) is 99.3 Å². The van der Waals surface area contributed by atoms with Crippen molar-refractivity contribution in [3.8, 4) is 0 Å². The maximum atomic E-state index is 14.6. The number of halogens is 3.